The molecule has 2 N–H and O–H groups in total. The summed E-state index contributed by atoms with van der Waals surface area (Å²) in [6.45, 7) is 3.22. The second-order valence-electron chi connectivity index (χ2n) is 4.95. The number of hydrogen-bond acceptors (Lipinski definition) is 2. The monoisotopic (exact) mass is 294 g/mol. The summed E-state index contributed by atoms with van der Waals surface area (Å²) >= 11 is 0. The van der Waals surface area contributed by atoms with Crippen molar-refractivity contribution >= 4 is 29.3 Å². The summed E-state index contributed by atoms with van der Waals surface area (Å²) in [7, 11) is 0. The molecule has 4 heteroatoms. The molecule has 0 bridgehead atoms. The average Bonchev–Trinajstić information content (AvgIpc) is 2.49. The maximum Gasteiger partial charge on any atom is 0.251 e. The minimum Gasteiger partial charge on any atom is -0.326 e. The third-order valence-electron chi connectivity index (χ3n) is 3.00. The summed E-state index contributed by atoms with van der Waals surface area (Å²) < 4.78 is 0. The third-order valence-corrected chi connectivity index (χ3v) is 3.00. The highest BCUT2D eigenvalue weighted by molar-refractivity contribution is 6.06. The van der Waals surface area contributed by atoms with E-state index >= 15 is 0 Å². The van der Waals surface area contributed by atoms with Crippen LogP contribution in [0.25, 0.3) is 6.08 Å². The molecule has 0 aliphatic carbocycles. The van der Waals surface area contributed by atoms with Gasteiger partial charge in [-0.25, -0.2) is 0 Å². The van der Waals surface area contributed by atoms with Gasteiger partial charge in [0.15, 0.2) is 0 Å². The quantitative estimate of drug-likeness (QED) is 0.845. The zero-order valence-electron chi connectivity index (χ0n) is 12.6. The lowest BCUT2D eigenvalue weighted by Gasteiger charge is -2.07. The fourth-order valence-electron chi connectivity index (χ4n) is 1.93. The van der Waals surface area contributed by atoms with E-state index in [0.29, 0.717) is 16.9 Å². The molecule has 0 aromatic heterocycles. The summed E-state index contributed by atoms with van der Waals surface area (Å²) in [4.78, 5) is 23.1. The lowest BCUT2D eigenvalue weighted by Crippen LogP contribution is -2.12. The van der Waals surface area contributed by atoms with E-state index in [1.807, 2.05) is 36.4 Å². The molecule has 22 heavy (non-hydrogen) atoms. The van der Waals surface area contributed by atoms with Crippen LogP contribution in [0.3, 0.4) is 0 Å². The van der Waals surface area contributed by atoms with E-state index in [9.17, 15) is 9.59 Å². The van der Waals surface area contributed by atoms with E-state index < -0.39 is 0 Å². The second-order valence-corrected chi connectivity index (χ2v) is 4.95. The van der Waals surface area contributed by atoms with Gasteiger partial charge in [0.1, 0.15) is 0 Å². The summed E-state index contributed by atoms with van der Waals surface area (Å²) in [5, 5.41) is 5.50. The minimum atomic E-state index is -0.156. The Kier molecular flexibility index (Phi) is 5.09. The molecule has 0 heterocycles. The number of carbonyl (C=O) groups excluding carboxylic acids is 2. The number of benzene rings is 2. The van der Waals surface area contributed by atoms with Gasteiger partial charge < -0.3 is 10.6 Å². The highest BCUT2D eigenvalue weighted by Gasteiger charge is 2.05. The summed E-state index contributed by atoms with van der Waals surface area (Å²) in [5.74, 6) is -0.283. The van der Waals surface area contributed by atoms with Crippen LogP contribution in [0.4, 0.5) is 11.4 Å². The van der Waals surface area contributed by atoms with E-state index in [1.54, 1.807) is 31.2 Å². The molecule has 0 saturated carbocycles. The second kappa shape index (κ2) is 7.22. The normalized spacial score (nSPS) is 10.9. The van der Waals surface area contributed by atoms with Crippen LogP contribution in [0.15, 0.2) is 60.2 Å². The van der Waals surface area contributed by atoms with Gasteiger partial charge in [-0.15, -0.1) is 0 Å². The molecule has 0 atom stereocenters. The van der Waals surface area contributed by atoms with Gasteiger partial charge in [-0.3, -0.25) is 9.59 Å². The van der Waals surface area contributed by atoms with Crippen LogP contribution in [-0.2, 0) is 9.59 Å². The first-order chi connectivity index (χ1) is 10.5. The molecule has 0 unspecified atom stereocenters. The topological polar surface area (TPSA) is 58.2 Å². The number of nitrogens with one attached hydrogen (secondary N) is 2. The molecule has 0 radical (unpaired) electrons. The molecule has 2 aromatic rings. The SMILES string of the molecule is CC(=O)Nc1ccc(NC(=O)C(C)=Cc2ccccc2)cc1. The number of hydrogen-bond donors (Lipinski definition) is 2. The van der Waals surface area contributed by atoms with Crippen molar-refractivity contribution in [2.75, 3.05) is 10.6 Å². The number of carbonyl (C=O) groups is 2. The summed E-state index contributed by atoms with van der Waals surface area (Å²) in [5.41, 5.74) is 2.98. The van der Waals surface area contributed by atoms with Gasteiger partial charge >= 0.3 is 0 Å². The van der Waals surface area contributed by atoms with Gasteiger partial charge in [-0.05, 0) is 42.8 Å². The van der Waals surface area contributed by atoms with Gasteiger partial charge in [0.2, 0.25) is 5.91 Å². The first kappa shape index (κ1) is 15.5. The van der Waals surface area contributed by atoms with Crippen molar-refractivity contribution in [3.63, 3.8) is 0 Å². The zero-order chi connectivity index (χ0) is 15.9. The largest absolute Gasteiger partial charge is 0.326 e. The Morgan fingerprint density at radius 3 is 1.91 bits per heavy atom. The molecule has 2 amide bonds. The Hall–Kier alpha value is -2.88. The Bertz CT molecular complexity index is 689. The van der Waals surface area contributed by atoms with Crippen molar-refractivity contribution in [2.24, 2.45) is 0 Å². The Morgan fingerprint density at radius 1 is 0.818 bits per heavy atom. The van der Waals surface area contributed by atoms with E-state index in [1.165, 1.54) is 6.92 Å². The highest BCUT2D eigenvalue weighted by atomic mass is 16.2. The lowest BCUT2D eigenvalue weighted by atomic mass is 10.1. The van der Waals surface area contributed by atoms with Crippen LogP contribution < -0.4 is 10.6 Å². The zero-order valence-corrected chi connectivity index (χ0v) is 12.6. The van der Waals surface area contributed by atoms with Crippen molar-refractivity contribution < 1.29 is 9.59 Å². The molecule has 2 rings (SSSR count). The van der Waals surface area contributed by atoms with Crippen LogP contribution in [0.1, 0.15) is 19.4 Å². The van der Waals surface area contributed by atoms with Crippen molar-refractivity contribution in [1.29, 1.82) is 0 Å². The van der Waals surface area contributed by atoms with Gasteiger partial charge in [0, 0.05) is 23.9 Å². The molecule has 0 aliphatic heterocycles. The van der Waals surface area contributed by atoms with Gasteiger partial charge in [0.25, 0.3) is 5.91 Å². The maximum atomic E-state index is 12.1. The predicted octanol–water partition coefficient (Wildman–Crippen LogP) is 3.69. The molecule has 0 saturated heterocycles. The van der Waals surface area contributed by atoms with Crippen molar-refractivity contribution in [2.45, 2.75) is 13.8 Å². The highest BCUT2D eigenvalue weighted by Crippen LogP contribution is 2.15. The molecule has 0 spiro atoms. The third kappa shape index (κ3) is 4.59. The van der Waals surface area contributed by atoms with Crippen LogP contribution in [-0.4, -0.2) is 11.8 Å². The molecule has 0 aliphatic rings. The van der Waals surface area contributed by atoms with E-state index in [0.717, 1.165) is 5.56 Å². The van der Waals surface area contributed by atoms with Gasteiger partial charge in [-0.1, -0.05) is 30.3 Å². The predicted molar refractivity (Wildman–Crippen MR) is 89.5 cm³/mol. The first-order valence-electron chi connectivity index (χ1n) is 6.97. The summed E-state index contributed by atoms with van der Waals surface area (Å²) in [6.07, 6.45) is 1.83. The van der Waals surface area contributed by atoms with Crippen molar-refractivity contribution in [1.82, 2.24) is 0 Å². The molecule has 2 aromatic carbocycles. The van der Waals surface area contributed by atoms with Crippen LogP contribution >= 0.6 is 0 Å². The van der Waals surface area contributed by atoms with E-state index in [2.05, 4.69) is 10.6 Å². The van der Waals surface area contributed by atoms with Crippen molar-refractivity contribution in [3.05, 3.63) is 65.7 Å². The van der Waals surface area contributed by atoms with E-state index in [4.69, 9.17) is 0 Å². The Morgan fingerprint density at radius 2 is 1.36 bits per heavy atom. The number of anilines is 2. The minimum absolute atomic E-state index is 0.126. The van der Waals surface area contributed by atoms with Crippen LogP contribution in [0.5, 0.6) is 0 Å². The average molecular weight is 294 g/mol. The number of amides is 2. The van der Waals surface area contributed by atoms with Crippen LogP contribution in [0.2, 0.25) is 0 Å². The maximum absolute atomic E-state index is 12.1. The molecule has 0 fully saturated rings. The summed E-state index contributed by atoms with van der Waals surface area (Å²) in [6, 6.07) is 16.7. The standard InChI is InChI=1S/C18H18N2O2/c1-13(12-15-6-4-3-5-7-15)18(22)20-17-10-8-16(9-11-17)19-14(2)21/h3-12H,1-2H3,(H,19,21)(H,20,22). The van der Waals surface area contributed by atoms with Crippen molar-refractivity contribution in [3.8, 4) is 0 Å². The molecule has 112 valence electrons. The Labute approximate surface area is 129 Å². The number of rotatable bonds is 4. The van der Waals surface area contributed by atoms with Gasteiger partial charge in [0.05, 0.1) is 0 Å². The van der Waals surface area contributed by atoms with E-state index in [-0.39, 0.29) is 11.8 Å². The smallest absolute Gasteiger partial charge is 0.251 e. The van der Waals surface area contributed by atoms with Crippen LogP contribution in [0, 0.1) is 0 Å². The fraction of sp³-hybridized carbons (Fsp3) is 0.111. The first-order valence-corrected chi connectivity index (χ1v) is 6.97. The molecule has 4 nitrogen and oxygen atoms in total. The molecular formula is C18H18N2O2. The Balaban J connectivity index is 2.02. The fourth-order valence-corrected chi connectivity index (χ4v) is 1.93. The van der Waals surface area contributed by atoms with Gasteiger partial charge in [-0.2, -0.15) is 0 Å². The lowest BCUT2D eigenvalue weighted by molar-refractivity contribution is -0.114. The molecular weight excluding hydrogens is 276 g/mol.